The lowest BCUT2D eigenvalue weighted by molar-refractivity contribution is -0.173. The predicted octanol–water partition coefficient (Wildman–Crippen LogP) is 5.24. The normalized spacial score (nSPS) is 18.1. The van der Waals surface area contributed by atoms with Crippen molar-refractivity contribution in [2.45, 2.75) is 45.1 Å². The van der Waals surface area contributed by atoms with E-state index >= 15 is 0 Å². The van der Waals surface area contributed by atoms with Crippen molar-refractivity contribution in [3.8, 4) is 0 Å². The Morgan fingerprint density at radius 1 is 1.27 bits per heavy atom. The molecule has 0 bridgehead atoms. The molecule has 2 atom stereocenters. The second-order valence-corrected chi connectivity index (χ2v) is 9.25. The van der Waals surface area contributed by atoms with Gasteiger partial charge >= 0.3 is 6.18 Å². The first-order chi connectivity index (χ1) is 15.5. The van der Waals surface area contributed by atoms with Crippen LogP contribution in [0.3, 0.4) is 0 Å². The number of benzene rings is 1. The lowest BCUT2D eigenvalue weighted by Crippen LogP contribution is -2.35. The van der Waals surface area contributed by atoms with Crippen molar-refractivity contribution in [1.82, 2.24) is 24.9 Å². The molecular weight excluding hydrogens is 525 g/mol. The molecule has 1 aliphatic heterocycles. The maximum atomic E-state index is 13.9. The van der Waals surface area contributed by atoms with E-state index in [1.807, 2.05) is 13.8 Å². The zero-order chi connectivity index (χ0) is 24.1. The summed E-state index contributed by atoms with van der Waals surface area (Å²) < 4.78 is 45.1. The first kappa shape index (κ1) is 23.6. The first-order valence-corrected chi connectivity index (χ1v) is 11.3. The van der Waals surface area contributed by atoms with Crippen LogP contribution in [0.2, 0.25) is 5.02 Å². The molecule has 0 unspecified atom stereocenters. The second kappa shape index (κ2) is 8.68. The Kier molecular flexibility index (Phi) is 6.21. The highest BCUT2D eigenvalue weighted by Gasteiger charge is 2.47. The lowest BCUT2D eigenvalue weighted by atomic mass is 9.97. The van der Waals surface area contributed by atoms with Crippen LogP contribution >= 0.6 is 27.5 Å². The van der Waals surface area contributed by atoms with Crippen LogP contribution in [-0.2, 0) is 13.6 Å². The molecule has 33 heavy (non-hydrogen) atoms. The van der Waals surface area contributed by atoms with Crippen molar-refractivity contribution in [2.75, 3.05) is 5.32 Å². The van der Waals surface area contributed by atoms with Gasteiger partial charge in [-0.05, 0) is 31.5 Å². The van der Waals surface area contributed by atoms with E-state index in [0.29, 0.717) is 5.56 Å². The van der Waals surface area contributed by atoms with Gasteiger partial charge in [-0.3, -0.25) is 9.48 Å². The summed E-state index contributed by atoms with van der Waals surface area (Å²) in [6.07, 6.45) is -4.86. The fourth-order valence-corrected chi connectivity index (χ4v) is 4.50. The number of nitrogens with one attached hydrogen (secondary N) is 2. The summed E-state index contributed by atoms with van der Waals surface area (Å²) in [5.41, 5.74) is 2.86. The second-order valence-electron chi connectivity index (χ2n) is 7.95. The molecule has 1 aliphatic rings. The van der Waals surface area contributed by atoms with E-state index in [1.54, 1.807) is 36.0 Å². The third kappa shape index (κ3) is 4.48. The van der Waals surface area contributed by atoms with Gasteiger partial charge in [-0.1, -0.05) is 39.7 Å². The molecule has 12 heteroatoms. The molecule has 0 spiro atoms. The maximum Gasteiger partial charge on any atom is 0.410 e. The zero-order valence-electron chi connectivity index (χ0n) is 18.0. The molecule has 2 aromatic heterocycles. The van der Waals surface area contributed by atoms with Crippen LogP contribution in [-0.4, -0.2) is 31.6 Å². The molecule has 0 saturated heterocycles. The van der Waals surface area contributed by atoms with Crippen molar-refractivity contribution >= 4 is 39.3 Å². The fraction of sp³-hybridized carbons (Fsp3) is 0.381. The Morgan fingerprint density at radius 2 is 1.94 bits per heavy atom. The van der Waals surface area contributed by atoms with Gasteiger partial charge in [0, 0.05) is 35.7 Å². The Morgan fingerprint density at radius 3 is 2.52 bits per heavy atom. The number of anilines is 1. The number of halogens is 5. The van der Waals surface area contributed by atoms with Crippen LogP contribution in [0.5, 0.6) is 0 Å². The maximum absolute atomic E-state index is 13.9. The van der Waals surface area contributed by atoms with E-state index in [2.05, 4.69) is 36.8 Å². The topological polar surface area (TPSA) is 76.8 Å². The Bertz CT molecular complexity index is 1200. The van der Waals surface area contributed by atoms with Gasteiger partial charge in [0.2, 0.25) is 0 Å². The molecular formula is C21H21BrClF3N6O. The Labute approximate surface area is 201 Å². The van der Waals surface area contributed by atoms with E-state index in [4.69, 9.17) is 11.6 Å². The van der Waals surface area contributed by atoms with Gasteiger partial charge in [-0.15, -0.1) is 0 Å². The van der Waals surface area contributed by atoms with E-state index in [9.17, 15) is 18.0 Å². The summed E-state index contributed by atoms with van der Waals surface area (Å²) in [7, 11) is 1.79. The molecule has 4 rings (SSSR count). The number of alkyl halides is 3. The van der Waals surface area contributed by atoms with E-state index in [1.165, 1.54) is 0 Å². The molecule has 0 radical (unpaired) electrons. The quantitative estimate of drug-likeness (QED) is 0.470. The number of nitrogens with zero attached hydrogens (tertiary/aromatic N) is 4. The SMILES string of the molecule is Cc1nn(C)c(C)c1CNC(=O)c1nn2c(c1Cl)N[C@@H](c1ccc(Br)cc1)C[C@@H]2C(F)(F)F. The van der Waals surface area contributed by atoms with E-state index in [-0.39, 0.29) is 29.5 Å². The highest BCUT2D eigenvalue weighted by Crippen LogP contribution is 2.46. The molecule has 3 heterocycles. The van der Waals surface area contributed by atoms with E-state index < -0.39 is 24.2 Å². The van der Waals surface area contributed by atoms with Crippen LogP contribution in [0.15, 0.2) is 28.7 Å². The van der Waals surface area contributed by atoms with Gasteiger partial charge in [0.05, 0.1) is 11.7 Å². The van der Waals surface area contributed by atoms with Gasteiger partial charge in [-0.25, -0.2) is 4.68 Å². The molecule has 1 aromatic carbocycles. The standard InChI is InChI=1S/C21H21BrClF3N6O/c1-10-14(11(2)31(3)29-10)9-27-20(33)18-17(23)19-28-15(12-4-6-13(22)7-5-12)8-16(21(24,25)26)32(19)30-18/h4-7,15-16,28H,8-9H2,1-3H3,(H,27,33)/t15-,16-/m1/s1. The van der Waals surface area contributed by atoms with Crippen LogP contribution in [0.1, 0.15) is 51.5 Å². The van der Waals surface area contributed by atoms with Crippen molar-refractivity contribution < 1.29 is 18.0 Å². The van der Waals surface area contributed by atoms with Gasteiger partial charge in [-0.2, -0.15) is 23.4 Å². The third-order valence-corrected chi connectivity index (χ3v) is 6.75. The summed E-state index contributed by atoms with van der Waals surface area (Å²) in [5.74, 6) is -0.690. The zero-order valence-corrected chi connectivity index (χ0v) is 20.3. The average Bonchev–Trinajstić information content (AvgIpc) is 3.21. The Balaban J connectivity index is 1.64. The van der Waals surface area contributed by atoms with E-state index in [0.717, 1.165) is 26.1 Å². The molecule has 0 saturated carbocycles. The highest BCUT2D eigenvalue weighted by molar-refractivity contribution is 9.10. The largest absolute Gasteiger partial charge is 0.410 e. The summed E-state index contributed by atoms with van der Waals surface area (Å²) >= 11 is 9.71. The van der Waals surface area contributed by atoms with Gasteiger partial charge in [0.25, 0.3) is 5.91 Å². The monoisotopic (exact) mass is 544 g/mol. The highest BCUT2D eigenvalue weighted by atomic mass is 79.9. The lowest BCUT2D eigenvalue weighted by Gasteiger charge is -2.33. The predicted molar refractivity (Wildman–Crippen MR) is 121 cm³/mol. The summed E-state index contributed by atoms with van der Waals surface area (Å²) in [4.78, 5) is 12.8. The third-order valence-electron chi connectivity index (χ3n) is 5.87. The molecule has 7 nitrogen and oxygen atoms in total. The average molecular weight is 546 g/mol. The Hall–Kier alpha value is -2.53. The minimum Gasteiger partial charge on any atom is -0.362 e. The van der Waals surface area contributed by atoms with Gasteiger partial charge in [0.1, 0.15) is 10.8 Å². The number of hydrogen-bond donors (Lipinski definition) is 2. The number of carbonyl (C=O) groups excluding carboxylic acids is 1. The fourth-order valence-electron chi connectivity index (χ4n) is 3.97. The molecule has 2 N–H and O–H groups in total. The summed E-state index contributed by atoms with van der Waals surface area (Å²) in [6.45, 7) is 3.83. The minimum absolute atomic E-state index is 0.0305. The number of hydrogen-bond acceptors (Lipinski definition) is 4. The molecule has 1 amide bonds. The first-order valence-electron chi connectivity index (χ1n) is 10.1. The van der Waals surface area contributed by atoms with Gasteiger partial charge in [0.15, 0.2) is 11.7 Å². The van der Waals surface area contributed by atoms with Crippen molar-refractivity contribution in [2.24, 2.45) is 7.05 Å². The molecule has 0 fully saturated rings. The van der Waals surface area contributed by atoms with Crippen molar-refractivity contribution in [3.05, 3.63) is 62.0 Å². The number of amides is 1. The number of aromatic nitrogens is 4. The summed E-state index contributed by atoms with van der Waals surface area (Å²) in [6, 6.07) is 4.41. The molecule has 176 valence electrons. The van der Waals surface area contributed by atoms with Crippen LogP contribution in [0.4, 0.5) is 19.0 Å². The number of carbonyl (C=O) groups is 1. The van der Waals surface area contributed by atoms with Gasteiger partial charge < -0.3 is 10.6 Å². The molecule has 3 aromatic rings. The van der Waals surface area contributed by atoms with Crippen molar-refractivity contribution in [1.29, 1.82) is 0 Å². The smallest absolute Gasteiger partial charge is 0.362 e. The van der Waals surface area contributed by atoms with Crippen LogP contribution in [0.25, 0.3) is 0 Å². The van der Waals surface area contributed by atoms with Crippen LogP contribution in [0, 0.1) is 13.8 Å². The minimum atomic E-state index is -4.57. The number of fused-ring (bicyclic) bond motifs is 1. The number of aryl methyl sites for hydroxylation is 2. The van der Waals surface area contributed by atoms with Crippen LogP contribution < -0.4 is 10.6 Å². The van der Waals surface area contributed by atoms with Crippen molar-refractivity contribution in [3.63, 3.8) is 0 Å². The molecule has 0 aliphatic carbocycles. The summed E-state index contributed by atoms with van der Waals surface area (Å²) in [5, 5.41) is 13.8. The number of rotatable bonds is 4.